The lowest BCUT2D eigenvalue weighted by Crippen LogP contribution is -2.36. The molecule has 1 aliphatic rings. The fourth-order valence-electron chi connectivity index (χ4n) is 4.42. The van der Waals surface area contributed by atoms with Crippen molar-refractivity contribution in [3.05, 3.63) is 53.6 Å². The highest BCUT2D eigenvalue weighted by Gasteiger charge is 2.41. The van der Waals surface area contributed by atoms with Crippen LogP contribution in [0.2, 0.25) is 0 Å². The minimum absolute atomic E-state index is 0.0149. The minimum Gasteiger partial charge on any atom is -0.493 e. The summed E-state index contributed by atoms with van der Waals surface area (Å²) in [6.07, 6.45) is 1.22. The molecular weight excluding hydrogens is 432 g/mol. The summed E-state index contributed by atoms with van der Waals surface area (Å²) in [6, 6.07) is 13.4. The Labute approximate surface area is 202 Å². The molecule has 1 saturated heterocycles. The predicted octanol–water partition coefficient (Wildman–Crippen LogP) is 3.66. The zero-order valence-corrected chi connectivity index (χ0v) is 20.8. The lowest BCUT2D eigenvalue weighted by Gasteiger charge is -2.21. The van der Waals surface area contributed by atoms with E-state index in [1.165, 1.54) is 0 Å². The van der Waals surface area contributed by atoms with Crippen molar-refractivity contribution >= 4 is 11.8 Å². The smallest absolute Gasteiger partial charge is 0.227 e. The lowest BCUT2D eigenvalue weighted by atomic mass is 9.87. The Balaban J connectivity index is 1.88. The Morgan fingerprint density at radius 1 is 1.00 bits per heavy atom. The number of methoxy groups -OCH3 is 3. The van der Waals surface area contributed by atoms with Crippen LogP contribution in [0.4, 0.5) is 0 Å². The van der Waals surface area contributed by atoms with Crippen LogP contribution >= 0.6 is 0 Å². The zero-order chi connectivity index (χ0) is 24.7. The van der Waals surface area contributed by atoms with Gasteiger partial charge in [-0.25, -0.2) is 0 Å². The van der Waals surface area contributed by atoms with Crippen LogP contribution in [0.3, 0.4) is 0 Å². The molecule has 0 saturated carbocycles. The third-order valence-electron chi connectivity index (χ3n) is 6.34. The Morgan fingerprint density at radius 2 is 1.65 bits per heavy atom. The Bertz CT molecular complexity index is 951. The van der Waals surface area contributed by atoms with Crippen molar-refractivity contribution in [3.63, 3.8) is 0 Å². The molecular formula is C27H36N2O5. The number of nitrogens with one attached hydrogen (secondary N) is 1. The maximum absolute atomic E-state index is 13.2. The Kier molecular flexibility index (Phi) is 8.79. The van der Waals surface area contributed by atoms with E-state index in [1.807, 2.05) is 42.5 Å². The number of benzene rings is 2. The van der Waals surface area contributed by atoms with Crippen LogP contribution in [0.1, 0.15) is 37.3 Å². The van der Waals surface area contributed by atoms with Crippen LogP contribution in [0.5, 0.6) is 17.2 Å². The van der Waals surface area contributed by atoms with Gasteiger partial charge in [-0.15, -0.1) is 0 Å². The molecule has 2 unspecified atom stereocenters. The summed E-state index contributed by atoms with van der Waals surface area (Å²) >= 11 is 0. The summed E-state index contributed by atoms with van der Waals surface area (Å²) in [5, 5.41) is 3.08. The first kappa shape index (κ1) is 25.4. The SMILES string of the molecule is COc1cc(C2CN(C(=O)Cc3ccccc3)CC2C(=O)NCCC(C)C)cc(OC)c1OC. The molecule has 1 heterocycles. The molecule has 7 heteroatoms. The van der Waals surface area contributed by atoms with Crippen LogP contribution in [0, 0.1) is 11.8 Å². The summed E-state index contributed by atoms with van der Waals surface area (Å²) in [5.74, 6) is 1.49. The summed E-state index contributed by atoms with van der Waals surface area (Å²) in [6.45, 7) is 5.70. The first-order valence-corrected chi connectivity index (χ1v) is 11.8. The topological polar surface area (TPSA) is 77.1 Å². The van der Waals surface area contributed by atoms with E-state index < -0.39 is 0 Å². The predicted molar refractivity (Wildman–Crippen MR) is 132 cm³/mol. The van der Waals surface area contributed by atoms with Crippen LogP contribution in [-0.2, 0) is 16.0 Å². The van der Waals surface area contributed by atoms with Gasteiger partial charge in [0.15, 0.2) is 11.5 Å². The van der Waals surface area contributed by atoms with Gasteiger partial charge in [-0.3, -0.25) is 9.59 Å². The first-order valence-electron chi connectivity index (χ1n) is 11.8. The molecule has 2 atom stereocenters. The molecule has 3 rings (SSSR count). The number of ether oxygens (including phenoxy) is 3. The molecule has 2 aromatic carbocycles. The normalized spacial score (nSPS) is 17.5. The van der Waals surface area contributed by atoms with E-state index in [1.54, 1.807) is 26.2 Å². The van der Waals surface area contributed by atoms with Crippen LogP contribution in [0.25, 0.3) is 0 Å². The monoisotopic (exact) mass is 468 g/mol. The fourth-order valence-corrected chi connectivity index (χ4v) is 4.42. The first-order chi connectivity index (χ1) is 16.4. The number of rotatable bonds is 10. The lowest BCUT2D eigenvalue weighted by molar-refractivity contribution is -0.130. The highest BCUT2D eigenvalue weighted by molar-refractivity contribution is 5.84. The third kappa shape index (κ3) is 6.01. The number of nitrogens with zero attached hydrogens (tertiary/aromatic N) is 1. The largest absolute Gasteiger partial charge is 0.493 e. The quantitative estimate of drug-likeness (QED) is 0.576. The van der Waals surface area contributed by atoms with Crippen molar-refractivity contribution in [1.82, 2.24) is 10.2 Å². The van der Waals surface area contributed by atoms with E-state index in [0.717, 1.165) is 17.5 Å². The number of amides is 2. The van der Waals surface area contributed by atoms with E-state index in [4.69, 9.17) is 14.2 Å². The summed E-state index contributed by atoms with van der Waals surface area (Å²) in [7, 11) is 4.70. The third-order valence-corrected chi connectivity index (χ3v) is 6.34. The van der Waals surface area contributed by atoms with E-state index in [0.29, 0.717) is 49.2 Å². The van der Waals surface area contributed by atoms with Gasteiger partial charge in [0.2, 0.25) is 17.6 Å². The van der Waals surface area contributed by atoms with Crippen molar-refractivity contribution in [2.24, 2.45) is 11.8 Å². The zero-order valence-electron chi connectivity index (χ0n) is 20.8. The molecule has 1 fully saturated rings. The van der Waals surface area contributed by atoms with Crippen molar-refractivity contribution in [1.29, 1.82) is 0 Å². The van der Waals surface area contributed by atoms with Gasteiger partial charge in [-0.1, -0.05) is 44.2 Å². The fraction of sp³-hybridized carbons (Fsp3) is 0.481. The van der Waals surface area contributed by atoms with Gasteiger partial charge in [0.25, 0.3) is 0 Å². The second kappa shape index (κ2) is 11.8. The van der Waals surface area contributed by atoms with Gasteiger partial charge >= 0.3 is 0 Å². The van der Waals surface area contributed by atoms with Crippen molar-refractivity contribution in [3.8, 4) is 17.2 Å². The molecule has 0 bridgehead atoms. The molecule has 0 radical (unpaired) electrons. The highest BCUT2D eigenvalue weighted by atomic mass is 16.5. The molecule has 0 aromatic heterocycles. The van der Waals surface area contributed by atoms with Crippen LogP contribution < -0.4 is 19.5 Å². The number of carbonyl (C=O) groups excluding carboxylic acids is 2. The maximum Gasteiger partial charge on any atom is 0.227 e. The van der Waals surface area contributed by atoms with Crippen LogP contribution in [0.15, 0.2) is 42.5 Å². The van der Waals surface area contributed by atoms with Crippen molar-refractivity contribution in [2.75, 3.05) is 41.0 Å². The van der Waals surface area contributed by atoms with E-state index in [2.05, 4.69) is 19.2 Å². The Morgan fingerprint density at radius 3 is 2.21 bits per heavy atom. The van der Waals surface area contributed by atoms with Crippen molar-refractivity contribution in [2.45, 2.75) is 32.6 Å². The molecule has 2 amide bonds. The van der Waals surface area contributed by atoms with E-state index in [-0.39, 0.29) is 23.7 Å². The van der Waals surface area contributed by atoms with Gasteiger partial charge in [-0.2, -0.15) is 0 Å². The molecule has 0 aliphatic carbocycles. The van der Waals surface area contributed by atoms with Gasteiger partial charge in [0, 0.05) is 25.6 Å². The van der Waals surface area contributed by atoms with Gasteiger partial charge in [0.1, 0.15) is 0 Å². The number of carbonyl (C=O) groups is 2. The average molecular weight is 469 g/mol. The number of likely N-dealkylation sites (tertiary alicyclic amines) is 1. The highest BCUT2D eigenvalue weighted by Crippen LogP contribution is 2.43. The maximum atomic E-state index is 13.2. The number of hydrogen-bond donors (Lipinski definition) is 1. The molecule has 1 aliphatic heterocycles. The number of hydrogen-bond acceptors (Lipinski definition) is 5. The summed E-state index contributed by atoms with van der Waals surface area (Å²) < 4.78 is 16.5. The molecule has 2 aromatic rings. The molecule has 34 heavy (non-hydrogen) atoms. The standard InChI is InChI=1S/C27H36N2O5/c1-18(2)11-12-28-27(31)22-17-29(25(30)13-19-9-7-6-8-10-19)16-21(22)20-14-23(32-3)26(34-5)24(15-20)33-4/h6-10,14-15,18,21-22H,11-13,16-17H2,1-5H3,(H,28,31). The minimum atomic E-state index is -0.366. The molecule has 184 valence electrons. The summed E-state index contributed by atoms with van der Waals surface area (Å²) in [4.78, 5) is 28.2. The molecule has 1 N–H and O–H groups in total. The molecule has 0 spiro atoms. The van der Waals surface area contributed by atoms with E-state index >= 15 is 0 Å². The second-order valence-electron chi connectivity index (χ2n) is 9.11. The van der Waals surface area contributed by atoms with Crippen LogP contribution in [-0.4, -0.2) is 57.7 Å². The summed E-state index contributed by atoms with van der Waals surface area (Å²) in [5.41, 5.74) is 1.84. The van der Waals surface area contributed by atoms with Gasteiger partial charge in [0.05, 0.1) is 33.7 Å². The van der Waals surface area contributed by atoms with Crippen molar-refractivity contribution < 1.29 is 23.8 Å². The van der Waals surface area contributed by atoms with Gasteiger partial charge < -0.3 is 24.4 Å². The van der Waals surface area contributed by atoms with Gasteiger partial charge in [-0.05, 0) is 35.6 Å². The molecule has 7 nitrogen and oxygen atoms in total. The average Bonchev–Trinajstić information content (AvgIpc) is 3.29. The van der Waals surface area contributed by atoms with E-state index in [9.17, 15) is 9.59 Å². The Hall–Kier alpha value is -3.22. The second-order valence-corrected chi connectivity index (χ2v) is 9.11.